The van der Waals surface area contributed by atoms with Gasteiger partial charge >= 0.3 is 0 Å². The summed E-state index contributed by atoms with van der Waals surface area (Å²) in [7, 11) is -2.16. The predicted molar refractivity (Wildman–Crippen MR) is 105 cm³/mol. The fourth-order valence-corrected chi connectivity index (χ4v) is 3.86. The van der Waals surface area contributed by atoms with Crippen LogP contribution in [0.1, 0.15) is 20.8 Å². The SMILES string of the molecule is COc1ccc(N(CC(=O)NCCSC(C)(C)C)S(C)(=O)=O)cc1Cl. The maximum Gasteiger partial charge on any atom is 0.240 e. The van der Waals surface area contributed by atoms with Crippen molar-refractivity contribution in [3.05, 3.63) is 23.2 Å². The molecule has 0 saturated heterocycles. The first-order valence-corrected chi connectivity index (χ1v) is 10.9. The zero-order chi connectivity index (χ0) is 19.3. The molecule has 1 aromatic rings. The molecule has 25 heavy (non-hydrogen) atoms. The van der Waals surface area contributed by atoms with Gasteiger partial charge in [-0.2, -0.15) is 11.8 Å². The normalized spacial score (nSPS) is 11.9. The van der Waals surface area contributed by atoms with E-state index in [0.717, 1.165) is 16.3 Å². The molecular formula is C16H25ClN2O4S2. The number of thioether (sulfide) groups is 1. The molecule has 6 nitrogen and oxygen atoms in total. The van der Waals surface area contributed by atoms with Gasteiger partial charge in [-0.3, -0.25) is 9.10 Å². The highest BCUT2D eigenvalue weighted by atomic mass is 35.5. The average Bonchev–Trinajstić information content (AvgIpc) is 2.47. The molecular weight excluding hydrogens is 384 g/mol. The molecule has 0 heterocycles. The van der Waals surface area contributed by atoms with Crippen molar-refractivity contribution in [1.82, 2.24) is 5.32 Å². The lowest BCUT2D eigenvalue weighted by Gasteiger charge is -2.23. The highest BCUT2D eigenvalue weighted by Crippen LogP contribution is 2.30. The number of carbonyl (C=O) groups is 1. The van der Waals surface area contributed by atoms with Crippen LogP contribution in [0.3, 0.4) is 0 Å². The number of carbonyl (C=O) groups excluding carboxylic acids is 1. The molecule has 0 saturated carbocycles. The minimum atomic E-state index is -3.64. The van der Waals surface area contributed by atoms with Gasteiger partial charge in [0.05, 0.1) is 24.1 Å². The van der Waals surface area contributed by atoms with Crippen LogP contribution in [0.25, 0.3) is 0 Å². The van der Waals surface area contributed by atoms with E-state index in [1.165, 1.54) is 13.2 Å². The lowest BCUT2D eigenvalue weighted by Crippen LogP contribution is -2.41. The van der Waals surface area contributed by atoms with Gasteiger partial charge < -0.3 is 10.1 Å². The molecule has 1 N–H and O–H groups in total. The first-order valence-electron chi connectivity index (χ1n) is 7.66. The summed E-state index contributed by atoms with van der Waals surface area (Å²) in [6.45, 7) is 6.46. The third-order valence-electron chi connectivity index (χ3n) is 3.07. The topological polar surface area (TPSA) is 75.7 Å². The number of nitrogens with one attached hydrogen (secondary N) is 1. The zero-order valence-electron chi connectivity index (χ0n) is 15.1. The van der Waals surface area contributed by atoms with Crippen LogP contribution in [0.4, 0.5) is 5.69 Å². The summed E-state index contributed by atoms with van der Waals surface area (Å²) in [5, 5.41) is 3.01. The molecule has 1 aromatic carbocycles. The summed E-state index contributed by atoms with van der Waals surface area (Å²) in [5.41, 5.74) is 0.313. The Morgan fingerprint density at radius 3 is 2.48 bits per heavy atom. The standard InChI is InChI=1S/C16H25ClN2O4S2/c1-16(2,3)24-9-8-18-15(20)11-19(25(5,21)22)12-6-7-14(23-4)13(17)10-12/h6-7,10H,8-9,11H2,1-5H3,(H,18,20). The molecule has 142 valence electrons. The fraction of sp³-hybridized carbons (Fsp3) is 0.562. The lowest BCUT2D eigenvalue weighted by molar-refractivity contribution is -0.119. The highest BCUT2D eigenvalue weighted by Gasteiger charge is 2.21. The van der Waals surface area contributed by atoms with Gasteiger partial charge in [-0.1, -0.05) is 32.4 Å². The van der Waals surface area contributed by atoms with E-state index >= 15 is 0 Å². The molecule has 1 rings (SSSR count). The van der Waals surface area contributed by atoms with Crippen molar-refractivity contribution in [2.75, 3.05) is 36.5 Å². The Hall–Kier alpha value is -1.12. The number of halogens is 1. The Morgan fingerprint density at radius 1 is 1.36 bits per heavy atom. The number of hydrogen-bond donors (Lipinski definition) is 1. The van der Waals surface area contributed by atoms with Gasteiger partial charge in [0.1, 0.15) is 12.3 Å². The number of amides is 1. The number of anilines is 1. The average molecular weight is 409 g/mol. The van der Waals surface area contributed by atoms with Gasteiger partial charge in [0.2, 0.25) is 15.9 Å². The van der Waals surface area contributed by atoms with E-state index in [-0.39, 0.29) is 22.2 Å². The highest BCUT2D eigenvalue weighted by molar-refractivity contribution is 8.00. The molecule has 0 bridgehead atoms. The van der Waals surface area contributed by atoms with Gasteiger partial charge in [-0.15, -0.1) is 0 Å². The van der Waals surface area contributed by atoms with Gasteiger partial charge in [-0.25, -0.2) is 8.42 Å². The first kappa shape index (κ1) is 21.9. The van der Waals surface area contributed by atoms with Crippen molar-refractivity contribution in [1.29, 1.82) is 0 Å². The minimum Gasteiger partial charge on any atom is -0.495 e. The monoisotopic (exact) mass is 408 g/mol. The van der Waals surface area contributed by atoms with Crippen LogP contribution in [-0.4, -0.2) is 51.3 Å². The van der Waals surface area contributed by atoms with E-state index in [1.807, 2.05) is 0 Å². The van der Waals surface area contributed by atoms with Crippen molar-refractivity contribution in [3.8, 4) is 5.75 Å². The second kappa shape index (κ2) is 9.00. The first-order chi connectivity index (χ1) is 11.4. The Labute approximate surface area is 159 Å². The molecule has 0 spiro atoms. The van der Waals surface area contributed by atoms with E-state index in [1.54, 1.807) is 23.9 Å². The predicted octanol–water partition coefficient (Wildman–Crippen LogP) is 2.76. The van der Waals surface area contributed by atoms with E-state index in [9.17, 15) is 13.2 Å². The van der Waals surface area contributed by atoms with E-state index in [0.29, 0.717) is 18.0 Å². The minimum absolute atomic E-state index is 0.114. The molecule has 0 atom stereocenters. The van der Waals surface area contributed by atoms with Gasteiger partial charge in [-0.05, 0) is 18.2 Å². The van der Waals surface area contributed by atoms with Gasteiger partial charge in [0.25, 0.3) is 0 Å². The third kappa shape index (κ3) is 7.75. The number of methoxy groups -OCH3 is 1. The van der Waals surface area contributed by atoms with E-state index in [2.05, 4.69) is 26.1 Å². The summed E-state index contributed by atoms with van der Waals surface area (Å²) in [5.74, 6) is 0.817. The molecule has 0 radical (unpaired) electrons. The molecule has 0 unspecified atom stereocenters. The number of ether oxygens (including phenoxy) is 1. The van der Waals surface area contributed by atoms with Gasteiger partial charge in [0.15, 0.2) is 0 Å². The second-order valence-corrected chi connectivity index (χ2v) is 10.6. The Morgan fingerprint density at radius 2 is 2.00 bits per heavy atom. The van der Waals surface area contributed by atoms with Crippen LogP contribution in [0, 0.1) is 0 Å². The smallest absolute Gasteiger partial charge is 0.240 e. The van der Waals surface area contributed by atoms with Crippen LogP contribution >= 0.6 is 23.4 Å². The zero-order valence-corrected chi connectivity index (χ0v) is 17.5. The molecule has 0 aliphatic heterocycles. The van der Waals surface area contributed by atoms with Crippen molar-refractivity contribution >= 4 is 45.0 Å². The Bertz CT molecular complexity index is 703. The van der Waals surface area contributed by atoms with E-state index < -0.39 is 10.0 Å². The number of sulfonamides is 1. The number of hydrogen-bond acceptors (Lipinski definition) is 5. The molecule has 0 aliphatic rings. The summed E-state index contributed by atoms with van der Waals surface area (Å²) in [6, 6.07) is 4.58. The van der Waals surface area contributed by atoms with E-state index in [4.69, 9.17) is 16.3 Å². The van der Waals surface area contributed by atoms with Crippen LogP contribution < -0.4 is 14.4 Å². The third-order valence-corrected chi connectivity index (χ3v) is 5.78. The van der Waals surface area contributed by atoms with Crippen LogP contribution in [-0.2, 0) is 14.8 Å². The summed E-state index contributed by atoms with van der Waals surface area (Å²) in [4.78, 5) is 12.1. The quantitative estimate of drug-likeness (QED) is 0.669. The van der Waals surface area contributed by atoms with Crippen molar-refractivity contribution in [3.63, 3.8) is 0 Å². The largest absolute Gasteiger partial charge is 0.495 e. The maximum absolute atomic E-state index is 12.1. The number of nitrogens with zero attached hydrogens (tertiary/aromatic N) is 1. The summed E-state index contributed by atoms with van der Waals surface area (Å²) in [6.07, 6.45) is 1.05. The summed E-state index contributed by atoms with van der Waals surface area (Å²) >= 11 is 7.78. The van der Waals surface area contributed by atoms with Crippen molar-refractivity contribution in [2.45, 2.75) is 25.5 Å². The number of rotatable bonds is 8. The van der Waals surface area contributed by atoms with Crippen LogP contribution in [0.5, 0.6) is 5.75 Å². The van der Waals surface area contributed by atoms with Crippen molar-refractivity contribution < 1.29 is 17.9 Å². The second-order valence-electron chi connectivity index (χ2n) is 6.40. The lowest BCUT2D eigenvalue weighted by atomic mass is 10.3. The molecule has 1 amide bonds. The molecule has 9 heteroatoms. The fourth-order valence-electron chi connectivity index (χ4n) is 1.94. The molecule has 0 aromatic heterocycles. The summed E-state index contributed by atoms with van der Waals surface area (Å²) < 4.78 is 30.3. The molecule has 0 fully saturated rings. The van der Waals surface area contributed by atoms with Crippen LogP contribution in [0.15, 0.2) is 18.2 Å². The van der Waals surface area contributed by atoms with Gasteiger partial charge in [0, 0.05) is 17.0 Å². The number of benzene rings is 1. The van der Waals surface area contributed by atoms with Crippen LogP contribution in [0.2, 0.25) is 5.02 Å². The maximum atomic E-state index is 12.1. The Kier molecular flexibility index (Phi) is 7.89. The Balaban J connectivity index is 2.78. The molecule has 0 aliphatic carbocycles. The van der Waals surface area contributed by atoms with Crippen molar-refractivity contribution in [2.24, 2.45) is 0 Å².